The van der Waals surface area contributed by atoms with E-state index in [4.69, 9.17) is 16.3 Å². The van der Waals surface area contributed by atoms with Gasteiger partial charge in [-0.25, -0.2) is 5.43 Å². The number of rotatable bonds is 5. The van der Waals surface area contributed by atoms with E-state index in [2.05, 4.69) is 15.8 Å². The standard InChI is InChI=1S/C18H18ClN3O3/c1-12(14-5-9-16(25-2)10-6-14)21-17(23)18(24)22-20-11-13-3-7-15(19)8-4-13/h3-12H,1-2H3,(H,21,23)(H,22,24)/b20-11-/t12-/m1/s1. The number of carbonyl (C=O) groups is 2. The molecular weight excluding hydrogens is 342 g/mol. The maximum absolute atomic E-state index is 11.9. The fraction of sp³-hybridized carbons (Fsp3) is 0.167. The van der Waals surface area contributed by atoms with Crippen LogP contribution in [0.15, 0.2) is 53.6 Å². The molecule has 0 spiro atoms. The maximum Gasteiger partial charge on any atom is 0.329 e. The van der Waals surface area contributed by atoms with Crippen LogP contribution in [0, 0.1) is 0 Å². The third-order valence-corrected chi connectivity index (χ3v) is 3.67. The topological polar surface area (TPSA) is 79.8 Å². The fourth-order valence-corrected chi connectivity index (χ4v) is 2.13. The summed E-state index contributed by atoms with van der Waals surface area (Å²) in [6.07, 6.45) is 1.43. The SMILES string of the molecule is COc1ccc([C@@H](C)NC(=O)C(=O)N/N=C\c2ccc(Cl)cc2)cc1. The summed E-state index contributed by atoms with van der Waals surface area (Å²) in [5.74, 6) is -0.890. The predicted molar refractivity (Wildman–Crippen MR) is 96.7 cm³/mol. The molecule has 2 rings (SSSR count). The van der Waals surface area contributed by atoms with Crippen LogP contribution >= 0.6 is 11.6 Å². The summed E-state index contributed by atoms with van der Waals surface area (Å²) in [4.78, 5) is 23.7. The number of ether oxygens (including phenoxy) is 1. The molecule has 0 unspecified atom stereocenters. The Morgan fingerprint density at radius 1 is 1.08 bits per heavy atom. The van der Waals surface area contributed by atoms with E-state index in [1.807, 2.05) is 12.1 Å². The van der Waals surface area contributed by atoms with Crippen molar-refractivity contribution in [3.8, 4) is 5.75 Å². The van der Waals surface area contributed by atoms with Crippen LogP contribution in [-0.4, -0.2) is 25.1 Å². The Labute approximate surface area is 150 Å². The fourth-order valence-electron chi connectivity index (χ4n) is 2.00. The lowest BCUT2D eigenvalue weighted by Crippen LogP contribution is -2.39. The van der Waals surface area contributed by atoms with Crippen molar-refractivity contribution in [1.82, 2.24) is 10.7 Å². The highest BCUT2D eigenvalue weighted by atomic mass is 35.5. The minimum atomic E-state index is -0.842. The second-order valence-electron chi connectivity index (χ2n) is 5.22. The number of amides is 2. The van der Waals surface area contributed by atoms with Crippen LogP contribution in [0.2, 0.25) is 5.02 Å². The van der Waals surface area contributed by atoms with Gasteiger partial charge in [-0.1, -0.05) is 35.9 Å². The summed E-state index contributed by atoms with van der Waals surface area (Å²) in [7, 11) is 1.58. The second kappa shape index (κ2) is 8.84. The van der Waals surface area contributed by atoms with Crippen LogP contribution in [-0.2, 0) is 9.59 Å². The molecule has 0 radical (unpaired) electrons. The Balaban J connectivity index is 1.86. The minimum absolute atomic E-state index is 0.329. The molecule has 0 aliphatic carbocycles. The summed E-state index contributed by atoms with van der Waals surface area (Å²) in [5.41, 5.74) is 3.79. The average molecular weight is 360 g/mol. The maximum atomic E-state index is 11.9. The van der Waals surface area contributed by atoms with Crippen molar-refractivity contribution in [3.05, 3.63) is 64.7 Å². The van der Waals surface area contributed by atoms with E-state index >= 15 is 0 Å². The highest BCUT2D eigenvalue weighted by Crippen LogP contribution is 2.17. The number of benzene rings is 2. The van der Waals surface area contributed by atoms with Crippen LogP contribution in [0.1, 0.15) is 24.1 Å². The van der Waals surface area contributed by atoms with Crippen molar-refractivity contribution in [3.63, 3.8) is 0 Å². The zero-order chi connectivity index (χ0) is 18.2. The van der Waals surface area contributed by atoms with Gasteiger partial charge in [0.2, 0.25) is 0 Å². The molecule has 0 bridgehead atoms. The Morgan fingerprint density at radius 2 is 1.72 bits per heavy atom. The van der Waals surface area contributed by atoms with Gasteiger partial charge in [0.05, 0.1) is 19.4 Å². The number of carbonyl (C=O) groups excluding carboxylic acids is 2. The first-order valence-electron chi connectivity index (χ1n) is 7.53. The quantitative estimate of drug-likeness (QED) is 0.489. The number of hydrogen-bond donors (Lipinski definition) is 2. The molecule has 0 heterocycles. The average Bonchev–Trinajstić information content (AvgIpc) is 2.63. The first-order chi connectivity index (χ1) is 12.0. The van der Waals surface area contributed by atoms with E-state index in [0.29, 0.717) is 5.02 Å². The lowest BCUT2D eigenvalue weighted by molar-refractivity contribution is -0.139. The molecule has 130 valence electrons. The number of hydrogen-bond acceptors (Lipinski definition) is 4. The molecular formula is C18H18ClN3O3. The van der Waals surface area contributed by atoms with E-state index < -0.39 is 11.8 Å². The third-order valence-electron chi connectivity index (χ3n) is 3.42. The van der Waals surface area contributed by atoms with Crippen LogP contribution in [0.5, 0.6) is 5.75 Å². The minimum Gasteiger partial charge on any atom is -0.497 e. The van der Waals surface area contributed by atoms with Crippen molar-refractivity contribution in [1.29, 1.82) is 0 Å². The number of nitrogens with one attached hydrogen (secondary N) is 2. The molecule has 0 aliphatic rings. The molecule has 7 heteroatoms. The van der Waals surface area contributed by atoms with Crippen molar-refractivity contribution < 1.29 is 14.3 Å². The summed E-state index contributed by atoms with van der Waals surface area (Å²) in [5, 5.41) is 6.96. The molecule has 0 saturated carbocycles. The van der Waals surface area contributed by atoms with Crippen LogP contribution in [0.25, 0.3) is 0 Å². The summed E-state index contributed by atoms with van der Waals surface area (Å²) < 4.78 is 5.08. The highest BCUT2D eigenvalue weighted by Gasteiger charge is 2.16. The molecule has 0 aliphatic heterocycles. The molecule has 1 atom stereocenters. The first kappa shape index (κ1) is 18.5. The third kappa shape index (κ3) is 5.61. The molecule has 2 N–H and O–H groups in total. The number of nitrogens with zero attached hydrogens (tertiary/aromatic N) is 1. The van der Waals surface area contributed by atoms with Crippen LogP contribution in [0.4, 0.5) is 0 Å². The van der Waals surface area contributed by atoms with E-state index in [0.717, 1.165) is 16.9 Å². The van der Waals surface area contributed by atoms with Crippen molar-refractivity contribution >= 4 is 29.6 Å². The normalized spacial score (nSPS) is 11.8. The van der Waals surface area contributed by atoms with Gasteiger partial charge in [0.25, 0.3) is 0 Å². The monoisotopic (exact) mass is 359 g/mol. The number of halogens is 1. The zero-order valence-corrected chi connectivity index (χ0v) is 14.6. The molecule has 2 aromatic carbocycles. The predicted octanol–water partition coefficient (Wildman–Crippen LogP) is 2.68. The van der Waals surface area contributed by atoms with Crippen molar-refractivity contribution in [2.45, 2.75) is 13.0 Å². The van der Waals surface area contributed by atoms with Gasteiger partial charge in [-0.2, -0.15) is 5.10 Å². The molecule has 6 nitrogen and oxygen atoms in total. The van der Waals surface area contributed by atoms with Gasteiger partial charge < -0.3 is 10.1 Å². The Morgan fingerprint density at radius 3 is 2.32 bits per heavy atom. The van der Waals surface area contributed by atoms with Gasteiger partial charge in [0.1, 0.15) is 5.75 Å². The van der Waals surface area contributed by atoms with E-state index in [1.54, 1.807) is 50.4 Å². The largest absolute Gasteiger partial charge is 0.497 e. The molecule has 2 amide bonds. The Hall–Kier alpha value is -2.86. The van der Waals surface area contributed by atoms with E-state index in [1.165, 1.54) is 6.21 Å². The van der Waals surface area contributed by atoms with E-state index in [9.17, 15) is 9.59 Å². The van der Waals surface area contributed by atoms with Gasteiger partial charge in [-0.15, -0.1) is 0 Å². The first-order valence-corrected chi connectivity index (χ1v) is 7.91. The number of methoxy groups -OCH3 is 1. The molecule has 0 saturated heterocycles. The molecule has 2 aromatic rings. The molecule has 25 heavy (non-hydrogen) atoms. The molecule has 0 fully saturated rings. The molecule has 0 aromatic heterocycles. The number of hydrazone groups is 1. The Kier molecular flexibility index (Phi) is 6.54. The van der Waals surface area contributed by atoms with Crippen LogP contribution < -0.4 is 15.5 Å². The summed E-state index contributed by atoms with van der Waals surface area (Å²) in [6, 6.07) is 13.8. The highest BCUT2D eigenvalue weighted by molar-refractivity contribution is 6.35. The van der Waals surface area contributed by atoms with Crippen LogP contribution in [0.3, 0.4) is 0 Å². The zero-order valence-electron chi connectivity index (χ0n) is 13.8. The summed E-state index contributed by atoms with van der Waals surface area (Å²) in [6.45, 7) is 1.78. The van der Waals surface area contributed by atoms with Crippen molar-refractivity contribution in [2.75, 3.05) is 7.11 Å². The Bertz CT molecular complexity index is 758. The van der Waals surface area contributed by atoms with Gasteiger partial charge >= 0.3 is 11.8 Å². The van der Waals surface area contributed by atoms with Gasteiger partial charge in [-0.3, -0.25) is 9.59 Å². The van der Waals surface area contributed by atoms with Crippen molar-refractivity contribution in [2.24, 2.45) is 5.10 Å². The lowest BCUT2D eigenvalue weighted by atomic mass is 10.1. The lowest BCUT2D eigenvalue weighted by Gasteiger charge is -2.13. The van der Waals surface area contributed by atoms with Gasteiger partial charge in [0.15, 0.2) is 0 Å². The summed E-state index contributed by atoms with van der Waals surface area (Å²) >= 11 is 5.78. The smallest absolute Gasteiger partial charge is 0.329 e. The van der Waals surface area contributed by atoms with Gasteiger partial charge in [-0.05, 0) is 42.3 Å². The van der Waals surface area contributed by atoms with E-state index in [-0.39, 0.29) is 6.04 Å². The second-order valence-corrected chi connectivity index (χ2v) is 5.66. The van der Waals surface area contributed by atoms with Gasteiger partial charge in [0, 0.05) is 5.02 Å².